The second kappa shape index (κ2) is 4.40. The minimum atomic E-state index is -0.0666. The highest BCUT2D eigenvalue weighted by Crippen LogP contribution is 2.20. The van der Waals surface area contributed by atoms with Crippen molar-refractivity contribution in [1.82, 2.24) is 10.3 Å². The van der Waals surface area contributed by atoms with Gasteiger partial charge >= 0.3 is 0 Å². The predicted molar refractivity (Wildman–Crippen MR) is 56.1 cm³/mol. The zero-order valence-electron chi connectivity index (χ0n) is 8.69. The maximum absolute atomic E-state index is 12.0. The van der Waals surface area contributed by atoms with Gasteiger partial charge in [0, 0.05) is 12.4 Å². The van der Waals surface area contributed by atoms with E-state index in [-0.39, 0.29) is 11.8 Å². The summed E-state index contributed by atoms with van der Waals surface area (Å²) in [5.74, 6) is 0.682. The van der Waals surface area contributed by atoms with E-state index in [1.165, 1.54) is 0 Å². The molecule has 80 valence electrons. The number of aromatic nitrogens is 1. The van der Waals surface area contributed by atoms with Crippen LogP contribution in [0.4, 0.5) is 0 Å². The molecule has 0 saturated carbocycles. The van der Waals surface area contributed by atoms with Crippen LogP contribution in [0.3, 0.4) is 0 Å². The molecule has 1 aromatic heterocycles. The van der Waals surface area contributed by atoms with Crippen molar-refractivity contribution < 1.29 is 9.53 Å². The summed E-state index contributed by atoms with van der Waals surface area (Å²) in [6, 6.07) is 1.64. The maximum Gasteiger partial charge on any atom is 0.185 e. The number of ketones is 1. The van der Waals surface area contributed by atoms with E-state index in [4.69, 9.17) is 4.74 Å². The molecule has 2 rings (SSSR count). The average molecular weight is 206 g/mol. The van der Waals surface area contributed by atoms with Gasteiger partial charge in [-0.1, -0.05) is 0 Å². The van der Waals surface area contributed by atoms with Gasteiger partial charge in [-0.25, -0.2) is 0 Å². The van der Waals surface area contributed by atoms with E-state index in [1.54, 1.807) is 25.6 Å². The number of methoxy groups -OCH3 is 1. The van der Waals surface area contributed by atoms with Crippen LogP contribution in [-0.4, -0.2) is 30.5 Å². The van der Waals surface area contributed by atoms with Crippen molar-refractivity contribution in [1.29, 1.82) is 0 Å². The SMILES string of the molecule is COc1ccncc1C(=O)C1CCCN1. The van der Waals surface area contributed by atoms with Crippen LogP contribution in [0.5, 0.6) is 5.75 Å². The molecular formula is C11H14N2O2. The average Bonchev–Trinajstić information content (AvgIpc) is 2.81. The van der Waals surface area contributed by atoms with Gasteiger partial charge in [-0.3, -0.25) is 9.78 Å². The monoisotopic (exact) mass is 206 g/mol. The Morgan fingerprint density at radius 1 is 1.67 bits per heavy atom. The van der Waals surface area contributed by atoms with E-state index in [9.17, 15) is 4.79 Å². The van der Waals surface area contributed by atoms with Crippen LogP contribution in [-0.2, 0) is 0 Å². The molecular weight excluding hydrogens is 192 g/mol. The van der Waals surface area contributed by atoms with Crippen molar-refractivity contribution in [2.75, 3.05) is 13.7 Å². The largest absolute Gasteiger partial charge is 0.496 e. The highest BCUT2D eigenvalue weighted by atomic mass is 16.5. The molecule has 1 fully saturated rings. The summed E-state index contributed by atoms with van der Waals surface area (Å²) in [5.41, 5.74) is 0.569. The first-order chi connectivity index (χ1) is 7.33. The molecule has 0 spiro atoms. The molecule has 1 unspecified atom stereocenters. The number of nitrogens with one attached hydrogen (secondary N) is 1. The van der Waals surface area contributed by atoms with Gasteiger partial charge in [0.25, 0.3) is 0 Å². The zero-order valence-corrected chi connectivity index (χ0v) is 8.69. The van der Waals surface area contributed by atoms with Crippen molar-refractivity contribution in [2.24, 2.45) is 0 Å². The summed E-state index contributed by atoms with van der Waals surface area (Å²) < 4.78 is 5.14. The van der Waals surface area contributed by atoms with Crippen LogP contribution >= 0.6 is 0 Å². The maximum atomic E-state index is 12.0. The third kappa shape index (κ3) is 1.99. The molecule has 4 heteroatoms. The molecule has 1 aliphatic heterocycles. The van der Waals surface area contributed by atoms with E-state index in [1.807, 2.05) is 0 Å². The van der Waals surface area contributed by atoms with E-state index in [0.29, 0.717) is 11.3 Å². The molecule has 4 nitrogen and oxygen atoms in total. The molecule has 0 bridgehead atoms. The number of carbonyl (C=O) groups excluding carboxylic acids is 1. The Balaban J connectivity index is 2.24. The Hall–Kier alpha value is -1.42. The molecule has 1 N–H and O–H groups in total. The predicted octanol–water partition coefficient (Wildman–Crippen LogP) is 1.02. The highest BCUT2D eigenvalue weighted by molar-refractivity contribution is 6.02. The van der Waals surface area contributed by atoms with E-state index < -0.39 is 0 Å². The molecule has 1 atom stereocenters. The van der Waals surface area contributed by atoms with Gasteiger partial charge in [0.1, 0.15) is 5.75 Å². The van der Waals surface area contributed by atoms with E-state index in [2.05, 4.69) is 10.3 Å². The molecule has 1 aromatic rings. The first-order valence-electron chi connectivity index (χ1n) is 5.08. The zero-order chi connectivity index (χ0) is 10.7. The molecule has 0 aromatic carbocycles. The van der Waals surface area contributed by atoms with Crippen molar-refractivity contribution in [3.05, 3.63) is 24.0 Å². The number of Topliss-reactive ketones (excluding diaryl/α,β-unsaturated/α-hetero) is 1. The lowest BCUT2D eigenvalue weighted by atomic mass is 10.0. The van der Waals surface area contributed by atoms with Crippen LogP contribution in [0.25, 0.3) is 0 Å². The number of hydrogen-bond acceptors (Lipinski definition) is 4. The fraction of sp³-hybridized carbons (Fsp3) is 0.455. The molecule has 0 amide bonds. The molecule has 0 radical (unpaired) electrons. The van der Waals surface area contributed by atoms with Crippen LogP contribution < -0.4 is 10.1 Å². The third-order valence-electron chi connectivity index (χ3n) is 2.64. The van der Waals surface area contributed by atoms with Crippen LogP contribution in [0, 0.1) is 0 Å². The summed E-state index contributed by atoms with van der Waals surface area (Å²) in [6.45, 7) is 0.916. The van der Waals surface area contributed by atoms with Crippen molar-refractivity contribution in [3.8, 4) is 5.75 Å². The van der Waals surface area contributed by atoms with Gasteiger partial charge in [-0.05, 0) is 25.5 Å². The Labute approximate surface area is 88.7 Å². The minimum Gasteiger partial charge on any atom is -0.496 e. The smallest absolute Gasteiger partial charge is 0.185 e. The van der Waals surface area contributed by atoms with Gasteiger partial charge < -0.3 is 10.1 Å². The summed E-state index contributed by atoms with van der Waals surface area (Å²) in [4.78, 5) is 16.0. The molecule has 1 saturated heterocycles. The van der Waals surface area contributed by atoms with Crippen molar-refractivity contribution >= 4 is 5.78 Å². The minimum absolute atomic E-state index is 0.0666. The molecule has 2 heterocycles. The number of nitrogens with zero attached hydrogens (tertiary/aromatic N) is 1. The van der Waals surface area contributed by atoms with Gasteiger partial charge in [0.05, 0.1) is 18.7 Å². The standard InChI is InChI=1S/C11H14N2O2/c1-15-10-4-6-12-7-8(10)11(14)9-3-2-5-13-9/h4,6-7,9,13H,2-3,5H2,1H3. The second-order valence-corrected chi connectivity index (χ2v) is 3.59. The van der Waals surface area contributed by atoms with Gasteiger partial charge in [-0.2, -0.15) is 0 Å². The topological polar surface area (TPSA) is 51.2 Å². The Bertz CT molecular complexity index is 359. The van der Waals surface area contributed by atoms with Crippen LogP contribution in [0.1, 0.15) is 23.2 Å². The van der Waals surface area contributed by atoms with Gasteiger partial charge in [-0.15, -0.1) is 0 Å². The molecule has 0 aliphatic carbocycles. The lowest BCUT2D eigenvalue weighted by Crippen LogP contribution is -2.31. The van der Waals surface area contributed by atoms with Gasteiger partial charge in [0.2, 0.25) is 0 Å². The Kier molecular flexibility index (Phi) is 2.97. The summed E-state index contributed by atoms with van der Waals surface area (Å²) >= 11 is 0. The fourth-order valence-corrected chi connectivity index (χ4v) is 1.84. The third-order valence-corrected chi connectivity index (χ3v) is 2.64. The van der Waals surface area contributed by atoms with E-state index >= 15 is 0 Å². The number of hydrogen-bond donors (Lipinski definition) is 1. The number of rotatable bonds is 3. The van der Waals surface area contributed by atoms with Gasteiger partial charge in [0.15, 0.2) is 5.78 Å². The normalized spacial score (nSPS) is 20.2. The Morgan fingerprint density at radius 3 is 3.20 bits per heavy atom. The Morgan fingerprint density at radius 2 is 2.53 bits per heavy atom. The lowest BCUT2D eigenvalue weighted by molar-refractivity contribution is 0.0949. The van der Waals surface area contributed by atoms with Crippen LogP contribution in [0.2, 0.25) is 0 Å². The van der Waals surface area contributed by atoms with Crippen molar-refractivity contribution in [2.45, 2.75) is 18.9 Å². The molecule has 1 aliphatic rings. The summed E-state index contributed by atoms with van der Waals surface area (Å²) in [5, 5.41) is 3.17. The van der Waals surface area contributed by atoms with Crippen molar-refractivity contribution in [3.63, 3.8) is 0 Å². The first-order valence-corrected chi connectivity index (χ1v) is 5.08. The summed E-state index contributed by atoms with van der Waals surface area (Å²) in [7, 11) is 1.56. The number of ether oxygens (including phenoxy) is 1. The summed E-state index contributed by atoms with van der Waals surface area (Å²) in [6.07, 6.45) is 5.15. The number of pyridine rings is 1. The quantitative estimate of drug-likeness (QED) is 0.750. The fourth-order valence-electron chi connectivity index (χ4n) is 1.84. The number of carbonyl (C=O) groups is 1. The second-order valence-electron chi connectivity index (χ2n) is 3.59. The van der Waals surface area contributed by atoms with Crippen LogP contribution in [0.15, 0.2) is 18.5 Å². The van der Waals surface area contributed by atoms with E-state index in [0.717, 1.165) is 19.4 Å². The molecule has 15 heavy (non-hydrogen) atoms. The first kappa shape index (κ1) is 10.1. The lowest BCUT2D eigenvalue weighted by Gasteiger charge is -2.11. The highest BCUT2D eigenvalue weighted by Gasteiger charge is 2.25.